The number of ether oxygens (including phenoxy) is 1. The third-order valence-electron chi connectivity index (χ3n) is 3.07. The average molecular weight is 266 g/mol. The second-order valence-corrected chi connectivity index (χ2v) is 4.33. The van der Waals surface area contributed by atoms with Crippen LogP contribution in [0.1, 0.15) is 18.0 Å². The van der Waals surface area contributed by atoms with Crippen LogP contribution in [0.2, 0.25) is 0 Å². The Hall–Kier alpha value is -2.11. The second-order valence-electron chi connectivity index (χ2n) is 4.33. The minimum absolute atomic E-state index is 0.167. The number of urea groups is 1. The van der Waals surface area contributed by atoms with E-state index in [0.29, 0.717) is 13.1 Å². The number of carbonyl (C=O) groups is 2. The smallest absolute Gasteiger partial charge is 0.318 e. The molecule has 1 heterocycles. The van der Waals surface area contributed by atoms with Crippen molar-refractivity contribution in [2.75, 3.05) is 20.2 Å². The van der Waals surface area contributed by atoms with E-state index in [4.69, 9.17) is 0 Å². The lowest BCUT2D eigenvalue weighted by Crippen LogP contribution is -2.30. The van der Waals surface area contributed by atoms with Crippen molar-refractivity contribution < 1.29 is 18.7 Å². The molecule has 2 amide bonds. The van der Waals surface area contributed by atoms with Gasteiger partial charge in [-0.25, -0.2) is 9.18 Å². The lowest BCUT2D eigenvalue weighted by molar-refractivity contribution is -0.140. The summed E-state index contributed by atoms with van der Waals surface area (Å²) in [5.74, 6) is -0.659. The minimum Gasteiger partial charge on any atom is -0.469 e. The van der Waals surface area contributed by atoms with E-state index in [-0.39, 0.29) is 30.3 Å². The fourth-order valence-electron chi connectivity index (χ4n) is 1.99. The van der Waals surface area contributed by atoms with Gasteiger partial charge in [0.1, 0.15) is 5.82 Å². The highest BCUT2D eigenvalue weighted by molar-refractivity contribution is 5.78. The van der Waals surface area contributed by atoms with Crippen molar-refractivity contribution in [2.45, 2.75) is 12.5 Å². The van der Waals surface area contributed by atoms with Gasteiger partial charge in [0.05, 0.1) is 19.6 Å². The number of halogens is 1. The van der Waals surface area contributed by atoms with E-state index >= 15 is 0 Å². The summed E-state index contributed by atoms with van der Waals surface area (Å²) in [6.07, 6.45) is 0.167. The molecule has 0 radical (unpaired) electrons. The molecule has 0 spiro atoms. The summed E-state index contributed by atoms with van der Waals surface area (Å²) in [6.45, 7) is 0.775. The highest BCUT2D eigenvalue weighted by Crippen LogP contribution is 2.20. The molecule has 1 atom stereocenters. The number of nitrogens with zero attached hydrogens (tertiary/aromatic N) is 1. The van der Waals surface area contributed by atoms with Gasteiger partial charge in [0, 0.05) is 13.1 Å². The van der Waals surface area contributed by atoms with Crippen LogP contribution in [-0.4, -0.2) is 37.1 Å². The maximum absolute atomic E-state index is 12.8. The van der Waals surface area contributed by atoms with E-state index < -0.39 is 0 Å². The first-order chi connectivity index (χ1) is 9.10. The summed E-state index contributed by atoms with van der Waals surface area (Å²) in [6, 6.07) is 5.61. The zero-order chi connectivity index (χ0) is 13.8. The zero-order valence-electron chi connectivity index (χ0n) is 10.6. The number of methoxy groups -OCH3 is 1. The maximum atomic E-state index is 12.8. The third kappa shape index (κ3) is 3.21. The van der Waals surface area contributed by atoms with Crippen LogP contribution in [0.15, 0.2) is 24.3 Å². The number of hydrogen-bond acceptors (Lipinski definition) is 3. The molecule has 102 valence electrons. The molecule has 1 fully saturated rings. The fourth-order valence-corrected chi connectivity index (χ4v) is 1.99. The zero-order valence-corrected chi connectivity index (χ0v) is 10.6. The van der Waals surface area contributed by atoms with Gasteiger partial charge < -0.3 is 15.0 Å². The van der Waals surface area contributed by atoms with Crippen LogP contribution in [-0.2, 0) is 9.53 Å². The number of nitrogens with one attached hydrogen (secondary N) is 1. The molecule has 1 N–H and O–H groups in total. The summed E-state index contributed by atoms with van der Waals surface area (Å²) in [5.41, 5.74) is 0.843. The van der Waals surface area contributed by atoms with E-state index in [1.54, 1.807) is 17.0 Å². The molecule has 1 aliphatic heterocycles. The molecule has 1 aliphatic rings. The van der Waals surface area contributed by atoms with Crippen molar-refractivity contribution in [3.05, 3.63) is 35.6 Å². The topological polar surface area (TPSA) is 58.6 Å². The van der Waals surface area contributed by atoms with Gasteiger partial charge in [-0.15, -0.1) is 0 Å². The average Bonchev–Trinajstić information content (AvgIpc) is 2.78. The lowest BCUT2D eigenvalue weighted by atomic mass is 10.1. The molecule has 0 saturated carbocycles. The Balaban J connectivity index is 1.95. The quantitative estimate of drug-likeness (QED) is 0.839. The number of benzene rings is 1. The number of carbonyl (C=O) groups excluding carboxylic acids is 2. The SMILES string of the molecule is COC(=O)CCN1CC(c2ccc(F)cc2)NC1=O. The monoisotopic (exact) mass is 266 g/mol. The van der Waals surface area contributed by atoms with Crippen molar-refractivity contribution in [3.8, 4) is 0 Å². The first-order valence-corrected chi connectivity index (χ1v) is 5.98. The predicted molar refractivity (Wildman–Crippen MR) is 65.9 cm³/mol. The van der Waals surface area contributed by atoms with E-state index in [9.17, 15) is 14.0 Å². The van der Waals surface area contributed by atoms with Gasteiger partial charge in [0.25, 0.3) is 0 Å². The number of rotatable bonds is 4. The Bertz CT molecular complexity index is 475. The van der Waals surface area contributed by atoms with Gasteiger partial charge in [-0.3, -0.25) is 4.79 Å². The largest absolute Gasteiger partial charge is 0.469 e. The summed E-state index contributed by atoms with van der Waals surface area (Å²) in [7, 11) is 1.31. The fraction of sp³-hybridized carbons (Fsp3) is 0.385. The van der Waals surface area contributed by atoms with Crippen molar-refractivity contribution in [1.82, 2.24) is 10.2 Å². The molecule has 0 aliphatic carbocycles. The van der Waals surface area contributed by atoms with Gasteiger partial charge in [-0.1, -0.05) is 12.1 Å². The van der Waals surface area contributed by atoms with Gasteiger partial charge in [0.15, 0.2) is 0 Å². The Morgan fingerprint density at radius 2 is 2.16 bits per heavy atom. The highest BCUT2D eigenvalue weighted by Gasteiger charge is 2.29. The molecule has 1 aromatic rings. The lowest BCUT2D eigenvalue weighted by Gasteiger charge is -2.13. The molecule has 0 bridgehead atoms. The molecule has 6 heteroatoms. The molecule has 2 rings (SSSR count). The van der Waals surface area contributed by atoms with Crippen LogP contribution >= 0.6 is 0 Å². The summed E-state index contributed by atoms with van der Waals surface area (Å²) >= 11 is 0. The third-order valence-corrected chi connectivity index (χ3v) is 3.07. The number of amides is 2. The van der Waals surface area contributed by atoms with Gasteiger partial charge in [-0.2, -0.15) is 0 Å². The van der Waals surface area contributed by atoms with Crippen LogP contribution in [0, 0.1) is 5.82 Å². The molecule has 19 heavy (non-hydrogen) atoms. The molecule has 5 nitrogen and oxygen atoms in total. The van der Waals surface area contributed by atoms with Crippen LogP contribution in [0.3, 0.4) is 0 Å². The van der Waals surface area contributed by atoms with E-state index in [0.717, 1.165) is 5.56 Å². The number of esters is 1. The maximum Gasteiger partial charge on any atom is 0.318 e. The summed E-state index contributed by atoms with van der Waals surface area (Å²) in [4.78, 5) is 24.3. The van der Waals surface area contributed by atoms with Gasteiger partial charge >= 0.3 is 12.0 Å². The Labute approximate surface area is 110 Å². The second kappa shape index (κ2) is 5.69. The first-order valence-electron chi connectivity index (χ1n) is 5.98. The van der Waals surface area contributed by atoms with Crippen molar-refractivity contribution in [3.63, 3.8) is 0 Å². The molecular weight excluding hydrogens is 251 g/mol. The van der Waals surface area contributed by atoms with E-state index in [2.05, 4.69) is 10.1 Å². The summed E-state index contributed by atoms with van der Waals surface area (Å²) < 4.78 is 17.4. The standard InChI is InChI=1S/C13H15FN2O3/c1-19-12(17)6-7-16-8-11(15-13(16)18)9-2-4-10(14)5-3-9/h2-5,11H,6-8H2,1H3,(H,15,18). The van der Waals surface area contributed by atoms with Crippen LogP contribution < -0.4 is 5.32 Å². The molecule has 1 aromatic carbocycles. The van der Waals surface area contributed by atoms with Crippen LogP contribution in [0.5, 0.6) is 0 Å². The Kier molecular flexibility index (Phi) is 3.99. The molecule has 0 aromatic heterocycles. The highest BCUT2D eigenvalue weighted by atomic mass is 19.1. The molecule has 1 saturated heterocycles. The predicted octanol–water partition coefficient (Wildman–Crippen LogP) is 1.46. The molecular formula is C13H15FN2O3. The normalized spacial score (nSPS) is 18.3. The van der Waals surface area contributed by atoms with Crippen molar-refractivity contribution in [1.29, 1.82) is 0 Å². The van der Waals surface area contributed by atoms with Gasteiger partial charge in [-0.05, 0) is 17.7 Å². The minimum atomic E-state index is -0.349. The van der Waals surface area contributed by atoms with E-state index in [1.165, 1.54) is 19.2 Å². The van der Waals surface area contributed by atoms with Crippen molar-refractivity contribution >= 4 is 12.0 Å². The Morgan fingerprint density at radius 3 is 2.79 bits per heavy atom. The Morgan fingerprint density at radius 1 is 1.47 bits per heavy atom. The summed E-state index contributed by atoms with van der Waals surface area (Å²) in [5, 5.41) is 2.79. The van der Waals surface area contributed by atoms with Crippen LogP contribution in [0.25, 0.3) is 0 Å². The number of hydrogen-bond donors (Lipinski definition) is 1. The molecule has 1 unspecified atom stereocenters. The van der Waals surface area contributed by atoms with E-state index in [1.807, 2.05) is 0 Å². The van der Waals surface area contributed by atoms with Crippen LogP contribution in [0.4, 0.5) is 9.18 Å². The first kappa shape index (κ1) is 13.3. The van der Waals surface area contributed by atoms with Crippen molar-refractivity contribution in [2.24, 2.45) is 0 Å². The van der Waals surface area contributed by atoms with Gasteiger partial charge in [0.2, 0.25) is 0 Å².